The third-order valence-electron chi connectivity index (χ3n) is 4.13. The summed E-state index contributed by atoms with van der Waals surface area (Å²) in [4.78, 5) is 18.6. The number of nitrogens with one attached hydrogen (secondary N) is 2. The van der Waals surface area contributed by atoms with Crippen LogP contribution in [0.4, 0.5) is 5.82 Å². The van der Waals surface area contributed by atoms with Crippen molar-refractivity contribution >= 4 is 11.7 Å². The Bertz CT molecular complexity index is 698. The number of piperidine rings is 1. The van der Waals surface area contributed by atoms with Crippen molar-refractivity contribution in [2.45, 2.75) is 45.7 Å². The Morgan fingerprint density at radius 1 is 1.40 bits per heavy atom. The van der Waals surface area contributed by atoms with Crippen LogP contribution in [-0.4, -0.2) is 51.8 Å². The number of likely N-dealkylation sites (tertiary alicyclic amines) is 1. The van der Waals surface area contributed by atoms with Crippen molar-refractivity contribution in [2.75, 3.05) is 25.0 Å². The summed E-state index contributed by atoms with van der Waals surface area (Å²) < 4.78 is 10.1. The highest BCUT2D eigenvalue weighted by Gasteiger charge is 2.21. The summed E-state index contributed by atoms with van der Waals surface area (Å²) in [6.07, 6.45) is 2.86. The standard InChI is InChI=1S/C16H24N6O3/c1-3-16-19-14(21-25-16)10-22-6-4-5-12(9-22)17-8-15(23)18-13-7-11(2)24-20-13/h7,12,17H,3-6,8-10H2,1-2H3,(H,18,20,23)/t12-/m0/s1. The fourth-order valence-corrected chi connectivity index (χ4v) is 2.91. The van der Waals surface area contributed by atoms with E-state index in [-0.39, 0.29) is 18.5 Å². The van der Waals surface area contributed by atoms with E-state index in [2.05, 4.69) is 30.8 Å². The molecule has 0 radical (unpaired) electrons. The molecule has 1 atom stereocenters. The lowest BCUT2D eigenvalue weighted by atomic mass is 10.1. The Morgan fingerprint density at radius 2 is 2.28 bits per heavy atom. The van der Waals surface area contributed by atoms with Crippen molar-refractivity contribution in [1.29, 1.82) is 0 Å². The fourth-order valence-electron chi connectivity index (χ4n) is 2.91. The van der Waals surface area contributed by atoms with Crippen LogP contribution in [0, 0.1) is 6.92 Å². The van der Waals surface area contributed by atoms with Crippen molar-refractivity contribution in [3.63, 3.8) is 0 Å². The molecule has 0 aromatic carbocycles. The second-order valence-electron chi connectivity index (χ2n) is 6.28. The van der Waals surface area contributed by atoms with Gasteiger partial charge in [0.25, 0.3) is 0 Å². The Hall–Kier alpha value is -2.26. The monoisotopic (exact) mass is 348 g/mol. The molecule has 0 spiro atoms. The first-order chi connectivity index (χ1) is 12.1. The predicted molar refractivity (Wildman–Crippen MR) is 89.8 cm³/mol. The topological polar surface area (TPSA) is 109 Å². The number of nitrogens with zero attached hydrogens (tertiary/aromatic N) is 4. The Balaban J connectivity index is 1.42. The van der Waals surface area contributed by atoms with Gasteiger partial charge in [0.05, 0.1) is 13.1 Å². The summed E-state index contributed by atoms with van der Waals surface area (Å²) in [6.45, 7) is 6.54. The SMILES string of the molecule is CCc1nc(CN2CCC[C@H](NCC(=O)Nc3cc(C)on3)C2)no1. The van der Waals surface area contributed by atoms with Crippen LogP contribution in [0.1, 0.15) is 37.2 Å². The van der Waals surface area contributed by atoms with Crippen LogP contribution in [-0.2, 0) is 17.8 Å². The van der Waals surface area contributed by atoms with E-state index in [1.165, 1.54) is 0 Å². The Kier molecular flexibility index (Phi) is 5.77. The lowest BCUT2D eigenvalue weighted by molar-refractivity contribution is -0.115. The maximum Gasteiger partial charge on any atom is 0.239 e. The largest absolute Gasteiger partial charge is 0.360 e. The summed E-state index contributed by atoms with van der Waals surface area (Å²) in [5.74, 6) is 2.37. The number of carbonyl (C=O) groups is 1. The maximum absolute atomic E-state index is 12.0. The van der Waals surface area contributed by atoms with Crippen LogP contribution in [0.15, 0.2) is 15.1 Å². The number of amides is 1. The molecule has 2 aromatic heterocycles. The third kappa shape index (κ3) is 5.10. The smallest absolute Gasteiger partial charge is 0.239 e. The van der Waals surface area contributed by atoms with Crippen LogP contribution in [0.3, 0.4) is 0 Å². The molecule has 1 saturated heterocycles. The fraction of sp³-hybridized carbons (Fsp3) is 0.625. The first kappa shape index (κ1) is 17.6. The molecule has 3 rings (SSSR count). The van der Waals surface area contributed by atoms with Crippen molar-refractivity contribution in [3.05, 3.63) is 23.5 Å². The molecule has 25 heavy (non-hydrogen) atoms. The molecule has 0 unspecified atom stereocenters. The molecule has 1 aliphatic heterocycles. The van der Waals surface area contributed by atoms with Gasteiger partial charge in [0.2, 0.25) is 11.8 Å². The second-order valence-corrected chi connectivity index (χ2v) is 6.28. The summed E-state index contributed by atoms with van der Waals surface area (Å²) in [6, 6.07) is 1.95. The Labute approximate surface area is 146 Å². The normalized spacial score (nSPS) is 18.4. The van der Waals surface area contributed by atoms with Crippen LogP contribution in [0.25, 0.3) is 0 Å². The van der Waals surface area contributed by atoms with Crippen LogP contribution >= 0.6 is 0 Å². The van der Waals surface area contributed by atoms with E-state index in [0.29, 0.717) is 24.0 Å². The molecule has 1 fully saturated rings. The van der Waals surface area contributed by atoms with E-state index in [1.54, 1.807) is 13.0 Å². The van der Waals surface area contributed by atoms with Gasteiger partial charge >= 0.3 is 0 Å². The summed E-state index contributed by atoms with van der Waals surface area (Å²) >= 11 is 0. The third-order valence-corrected chi connectivity index (χ3v) is 4.13. The lowest BCUT2D eigenvalue weighted by Gasteiger charge is -2.32. The zero-order chi connectivity index (χ0) is 17.6. The van der Waals surface area contributed by atoms with E-state index in [4.69, 9.17) is 9.05 Å². The van der Waals surface area contributed by atoms with Crippen LogP contribution in [0.5, 0.6) is 0 Å². The van der Waals surface area contributed by atoms with Gasteiger partial charge in [0.15, 0.2) is 11.6 Å². The molecule has 0 bridgehead atoms. The van der Waals surface area contributed by atoms with Crippen molar-refractivity contribution in [3.8, 4) is 0 Å². The van der Waals surface area contributed by atoms with Gasteiger partial charge in [-0.2, -0.15) is 4.98 Å². The first-order valence-corrected chi connectivity index (χ1v) is 8.62. The molecule has 9 heteroatoms. The minimum atomic E-state index is -0.129. The molecular weight excluding hydrogens is 324 g/mol. The van der Waals surface area contributed by atoms with Crippen LogP contribution in [0.2, 0.25) is 0 Å². The predicted octanol–water partition coefficient (Wildman–Crippen LogP) is 1.12. The molecule has 0 saturated carbocycles. The van der Waals surface area contributed by atoms with Gasteiger partial charge in [-0.15, -0.1) is 0 Å². The number of anilines is 1. The van der Waals surface area contributed by atoms with E-state index >= 15 is 0 Å². The van der Waals surface area contributed by atoms with E-state index in [1.807, 2.05) is 6.92 Å². The summed E-state index contributed by atoms with van der Waals surface area (Å²) in [5.41, 5.74) is 0. The van der Waals surface area contributed by atoms with Crippen molar-refractivity contribution < 1.29 is 13.8 Å². The lowest BCUT2D eigenvalue weighted by Crippen LogP contribution is -2.47. The molecule has 2 aromatic rings. The Morgan fingerprint density at radius 3 is 3.00 bits per heavy atom. The van der Waals surface area contributed by atoms with E-state index in [0.717, 1.165) is 38.2 Å². The van der Waals surface area contributed by atoms with Gasteiger partial charge < -0.3 is 19.7 Å². The second kappa shape index (κ2) is 8.21. The summed E-state index contributed by atoms with van der Waals surface area (Å²) in [7, 11) is 0. The molecule has 1 amide bonds. The molecule has 9 nitrogen and oxygen atoms in total. The number of aromatic nitrogens is 3. The molecular formula is C16H24N6O3. The van der Waals surface area contributed by atoms with Crippen molar-refractivity contribution in [2.24, 2.45) is 0 Å². The molecule has 0 aliphatic carbocycles. The van der Waals surface area contributed by atoms with Gasteiger partial charge in [-0.05, 0) is 26.3 Å². The average molecular weight is 348 g/mol. The minimum Gasteiger partial charge on any atom is -0.360 e. The number of rotatable bonds is 7. The van der Waals surface area contributed by atoms with E-state index in [9.17, 15) is 4.79 Å². The number of hydrogen-bond acceptors (Lipinski definition) is 8. The quantitative estimate of drug-likeness (QED) is 0.766. The average Bonchev–Trinajstić information content (AvgIpc) is 3.22. The van der Waals surface area contributed by atoms with Gasteiger partial charge in [-0.3, -0.25) is 9.69 Å². The zero-order valence-corrected chi connectivity index (χ0v) is 14.6. The maximum atomic E-state index is 12.0. The van der Waals surface area contributed by atoms with Gasteiger partial charge in [0.1, 0.15) is 5.76 Å². The minimum absolute atomic E-state index is 0.129. The molecule has 3 heterocycles. The van der Waals surface area contributed by atoms with Gasteiger partial charge in [-0.1, -0.05) is 17.2 Å². The number of hydrogen-bond donors (Lipinski definition) is 2. The number of aryl methyl sites for hydroxylation is 2. The zero-order valence-electron chi connectivity index (χ0n) is 14.6. The molecule has 136 valence electrons. The van der Waals surface area contributed by atoms with Crippen LogP contribution < -0.4 is 10.6 Å². The van der Waals surface area contributed by atoms with Crippen molar-refractivity contribution in [1.82, 2.24) is 25.5 Å². The molecule has 2 N–H and O–H groups in total. The highest BCUT2D eigenvalue weighted by Crippen LogP contribution is 2.13. The molecule has 1 aliphatic rings. The number of carbonyl (C=O) groups excluding carboxylic acids is 1. The van der Waals surface area contributed by atoms with E-state index < -0.39 is 0 Å². The van der Waals surface area contributed by atoms with Gasteiger partial charge in [0, 0.05) is 25.1 Å². The first-order valence-electron chi connectivity index (χ1n) is 8.62. The highest BCUT2D eigenvalue weighted by molar-refractivity contribution is 5.91. The highest BCUT2D eigenvalue weighted by atomic mass is 16.5. The van der Waals surface area contributed by atoms with Gasteiger partial charge in [-0.25, -0.2) is 0 Å². The summed E-state index contributed by atoms with van der Waals surface area (Å²) in [5, 5.41) is 13.8.